The summed E-state index contributed by atoms with van der Waals surface area (Å²) in [6.45, 7) is 2.92. The average molecular weight is 363 g/mol. The van der Waals surface area contributed by atoms with Gasteiger partial charge in [-0.15, -0.1) is 15.3 Å². The first-order chi connectivity index (χ1) is 11.8. The molecule has 0 bridgehead atoms. The molecule has 2 heterocycles. The van der Waals surface area contributed by atoms with Crippen LogP contribution in [-0.4, -0.2) is 37.5 Å². The molecule has 0 unspecified atom stereocenters. The Bertz CT molecular complexity index is 789. The van der Waals surface area contributed by atoms with Crippen molar-refractivity contribution < 1.29 is 4.74 Å². The van der Waals surface area contributed by atoms with Gasteiger partial charge >= 0.3 is 0 Å². The number of hydrogen-bond donors (Lipinski definition) is 1. The molecule has 0 saturated heterocycles. The highest BCUT2D eigenvalue weighted by atomic mass is 32.2. The summed E-state index contributed by atoms with van der Waals surface area (Å²) in [4.78, 5) is 0. The molecule has 10 heteroatoms. The second kappa shape index (κ2) is 8.06. The van der Waals surface area contributed by atoms with E-state index in [2.05, 4.69) is 38.0 Å². The molecule has 24 heavy (non-hydrogen) atoms. The molecule has 2 aromatic heterocycles. The van der Waals surface area contributed by atoms with Gasteiger partial charge in [0.1, 0.15) is 5.75 Å². The number of thioether (sulfide) groups is 1. The van der Waals surface area contributed by atoms with Crippen molar-refractivity contribution in [3.8, 4) is 5.75 Å². The van der Waals surface area contributed by atoms with Crippen molar-refractivity contribution in [1.82, 2.24) is 30.4 Å². The van der Waals surface area contributed by atoms with E-state index in [-0.39, 0.29) is 0 Å². The zero-order valence-corrected chi connectivity index (χ0v) is 15.0. The molecule has 0 spiro atoms. The minimum absolute atomic E-state index is 0.667. The van der Waals surface area contributed by atoms with Gasteiger partial charge in [-0.3, -0.25) is 0 Å². The number of aromatic nitrogens is 6. The maximum atomic E-state index is 5.21. The van der Waals surface area contributed by atoms with E-state index in [4.69, 9.17) is 4.74 Å². The van der Waals surface area contributed by atoms with Crippen LogP contribution in [0.5, 0.6) is 5.75 Å². The van der Waals surface area contributed by atoms with Gasteiger partial charge in [0.15, 0.2) is 10.2 Å². The number of benzene rings is 1. The van der Waals surface area contributed by atoms with E-state index in [1.165, 1.54) is 11.3 Å². The zero-order chi connectivity index (χ0) is 16.8. The van der Waals surface area contributed by atoms with Gasteiger partial charge in [0, 0.05) is 18.3 Å². The third-order valence-corrected chi connectivity index (χ3v) is 5.06. The van der Waals surface area contributed by atoms with E-state index in [0.717, 1.165) is 39.7 Å². The normalized spacial score (nSPS) is 10.8. The fourth-order valence-electron chi connectivity index (χ4n) is 1.98. The quantitative estimate of drug-likeness (QED) is 0.611. The first-order valence-corrected chi connectivity index (χ1v) is 9.21. The summed E-state index contributed by atoms with van der Waals surface area (Å²) >= 11 is 3.07. The van der Waals surface area contributed by atoms with Gasteiger partial charge in [-0.05, 0) is 29.0 Å². The lowest BCUT2D eigenvalue weighted by Crippen LogP contribution is -2.04. The van der Waals surface area contributed by atoms with Gasteiger partial charge in [0.05, 0.1) is 12.9 Å². The van der Waals surface area contributed by atoms with Crippen LogP contribution in [0, 0.1) is 0 Å². The highest BCUT2D eigenvalue weighted by Crippen LogP contribution is 2.30. The summed E-state index contributed by atoms with van der Waals surface area (Å²) in [5.41, 5.74) is 0.911. The van der Waals surface area contributed by atoms with E-state index in [1.54, 1.807) is 18.9 Å². The molecule has 1 aromatic carbocycles. The number of rotatable bonds is 8. The third-order valence-electron chi connectivity index (χ3n) is 3.09. The number of anilines is 2. The molecule has 0 aliphatic heterocycles. The summed E-state index contributed by atoms with van der Waals surface area (Å²) in [7, 11) is 1.64. The molecule has 0 aliphatic rings. The van der Waals surface area contributed by atoms with Crippen LogP contribution in [0.2, 0.25) is 0 Å². The molecule has 3 aromatic rings. The number of nitrogens with one attached hydrogen (secondary N) is 1. The van der Waals surface area contributed by atoms with E-state index in [9.17, 15) is 0 Å². The molecule has 0 amide bonds. The number of aryl methyl sites for hydroxylation is 1. The fourth-order valence-corrected chi connectivity index (χ4v) is 3.69. The Kier molecular flexibility index (Phi) is 5.59. The van der Waals surface area contributed by atoms with Crippen LogP contribution < -0.4 is 10.1 Å². The van der Waals surface area contributed by atoms with Crippen molar-refractivity contribution in [3.63, 3.8) is 0 Å². The van der Waals surface area contributed by atoms with Crippen LogP contribution in [-0.2, 0) is 12.3 Å². The lowest BCUT2D eigenvalue weighted by Gasteiger charge is -2.04. The number of methoxy groups -OCH3 is 1. The Balaban J connectivity index is 1.60. The van der Waals surface area contributed by atoms with Crippen LogP contribution >= 0.6 is 23.1 Å². The predicted octanol–water partition coefficient (Wildman–Crippen LogP) is 2.98. The molecule has 0 saturated carbocycles. The van der Waals surface area contributed by atoms with Gasteiger partial charge in [0.2, 0.25) is 5.13 Å². The Morgan fingerprint density at radius 2 is 2.21 bits per heavy atom. The molecule has 0 fully saturated rings. The Labute approximate surface area is 147 Å². The number of hydrogen-bond acceptors (Lipinski definition) is 9. The lowest BCUT2D eigenvalue weighted by atomic mass is 10.3. The predicted molar refractivity (Wildman–Crippen MR) is 93.9 cm³/mol. The van der Waals surface area contributed by atoms with Crippen molar-refractivity contribution in [2.24, 2.45) is 0 Å². The minimum atomic E-state index is 0.667. The van der Waals surface area contributed by atoms with Gasteiger partial charge in [-0.25, -0.2) is 4.68 Å². The van der Waals surface area contributed by atoms with Gasteiger partial charge < -0.3 is 10.1 Å². The van der Waals surface area contributed by atoms with Crippen LogP contribution in [0.1, 0.15) is 19.2 Å². The van der Waals surface area contributed by atoms with Crippen molar-refractivity contribution in [2.75, 3.05) is 12.4 Å². The summed E-state index contributed by atoms with van der Waals surface area (Å²) in [6.07, 6.45) is 0.996. The molecule has 126 valence electrons. The summed E-state index contributed by atoms with van der Waals surface area (Å²) in [5, 5.41) is 24.1. The fraction of sp³-hybridized carbons (Fsp3) is 0.357. The first-order valence-electron chi connectivity index (χ1n) is 7.41. The highest BCUT2D eigenvalue weighted by molar-refractivity contribution is 8.00. The topological polar surface area (TPSA) is 90.6 Å². The van der Waals surface area contributed by atoms with Crippen LogP contribution in [0.3, 0.4) is 0 Å². The van der Waals surface area contributed by atoms with Crippen LogP contribution in [0.25, 0.3) is 0 Å². The third kappa shape index (κ3) is 4.20. The van der Waals surface area contributed by atoms with Gasteiger partial charge in [0.25, 0.3) is 0 Å². The molecular weight excluding hydrogens is 346 g/mol. The van der Waals surface area contributed by atoms with Gasteiger partial charge in [-0.1, -0.05) is 36.1 Å². The van der Waals surface area contributed by atoms with Gasteiger partial charge in [-0.2, -0.15) is 0 Å². The Morgan fingerprint density at radius 3 is 3.04 bits per heavy atom. The Morgan fingerprint density at radius 1 is 1.29 bits per heavy atom. The maximum Gasteiger partial charge on any atom is 0.210 e. The smallest absolute Gasteiger partial charge is 0.210 e. The highest BCUT2D eigenvalue weighted by Gasteiger charge is 2.10. The second-order valence-corrected chi connectivity index (χ2v) is 7.04. The molecule has 3 rings (SSSR count). The summed E-state index contributed by atoms with van der Waals surface area (Å²) in [5.74, 6) is 2.31. The number of nitrogens with zero attached hydrogens (tertiary/aromatic N) is 6. The number of tetrazole rings is 1. The van der Waals surface area contributed by atoms with E-state index in [0.29, 0.717) is 5.75 Å². The van der Waals surface area contributed by atoms with Crippen molar-refractivity contribution in [3.05, 3.63) is 30.1 Å². The first kappa shape index (κ1) is 16.7. The average Bonchev–Trinajstić information content (AvgIpc) is 3.23. The van der Waals surface area contributed by atoms with E-state index >= 15 is 0 Å². The monoisotopic (exact) mass is 363 g/mol. The molecule has 0 radical (unpaired) electrons. The summed E-state index contributed by atoms with van der Waals surface area (Å²) < 4.78 is 7.90. The molecule has 0 atom stereocenters. The largest absolute Gasteiger partial charge is 0.497 e. The zero-order valence-electron chi connectivity index (χ0n) is 13.3. The molecule has 1 N–H and O–H groups in total. The number of ether oxygens (including phenoxy) is 1. The maximum absolute atomic E-state index is 5.21. The van der Waals surface area contributed by atoms with Crippen LogP contribution in [0.4, 0.5) is 10.8 Å². The molecule has 8 nitrogen and oxygen atoms in total. The Hall–Kier alpha value is -2.20. The minimum Gasteiger partial charge on any atom is -0.497 e. The molecule has 0 aliphatic carbocycles. The molecular formula is C14H17N7OS2. The summed E-state index contributed by atoms with van der Waals surface area (Å²) in [6, 6.07) is 7.68. The SMILES string of the molecule is CCCn1nnnc1CSc1nnc(Nc2cccc(OC)c2)s1. The standard InChI is InChI=1S/C14H17N7OS2/c1-3-7-21-12(16-19-20-21)9-23-14-18-17-13(24-14)15-10-5-4-6-11(8-10)22-2/h4-6,8H,3,7,9H2,1-2H3,(H,15,17). The van der Waals surface area contributed by atoms with E-state index in [1.807, 2.05) is 28.9 Å². The van der Waals surface area contributed by atoms with Crippen molar-refractivity contribution in [2.45, 2.75) is 30.0 Å². The lowest BCUT2D eigenvalue weighted by molar-refractivity contribution is 0.415. The second-order valence-electron chi connectivity index (χ2n) is 4.84. The van der Waals surface area contributed by atoms with Crippen molar-refractivity contribution in [1.29, 1.82) is 0 Å². The van der Waals surface area contributed by atoms with E-state index < -0.39 is 0 Å². The van der Waals surface area contributed by atoms with Crippen LogP contribution in [0.15, 0.2) is 28.6 Å². The van der Waals surface area contributed by atoms with Crippen molar-refractivity contribution >= 4 is 33.9 Å².